The Kier molecular flexibility index (Phi) is 2.85. The molecule has 0 spiro atoms. The van der Waals surface area contributed by atoms with Gasteiger partial charge in [0, 0.05) is 5.92 Å². The summed E-state index contributed by atoms with van der Waals surface area (Å²) >= 11 is 0. The highest BCUT2D eigenvalue weighted by atomic mass is 19.3. The van der Waals surface area contributed by atoms with Crippen molar-refractivity contribution in [1.82, 2.24) is 4.90 Å². The molecule has 3 nitrogen and oxygen atoms in total. The number of primary amides is 1. The molecule has 0 saturated carbocycles. The highest BCUT2D eigenvalue weighted by molar-refractivity contribution is 5.75. The van der Waals surface area contributed by atoms with Gasteiger partial charge in [0.25, 0.3) is 5.92 Å². The number of nitrogens with two attached hydrogens (primary N) is 1. The number of piperidine rings is 1. The second kappa shape index (κ2) is 3.57. The fraction of sp³-hybridized carbons (Fsp3) is 0.875. The molecule has 0 aromatic rings. The summed E-state index contributed by atoms with van der Waals surface area (Å²) in [5, 5.41) is 0. The van der Waals surface area contributed by atoms with Crippen LogP contribution in [0.1, 0.15) is 13.3 Å². The van der Waals surface area contributed by atoms with Gasteiger partial charge < -0.3 is 5.73 Å². The van der Waals surface area contributed by atoms with Crippen molar-refractivity contribution >= 4 is 5.91 Å². The lowest BCUT2D eigenvalue weighted by molar-refractivity contribution is -0.127. The zero-order valence-electron chi connectivity index (χ0n) is 7.59. The second-order valence-corrected chi connectivity index (χ2v) is 3.63. The Morgan fingerprint density at radius 3 is 2.77 bits per heavy atom. The smallest absolute Gasteiger partial charge is 0.263 e. The third-order valence-electron chi connectivity index (χ3n) is 2.41. The van der Waals surface area contributed by atoms with Crippen LogP contribution in [0, 0.1) is 5.92 Å². The van der Waals surface area contributed by atoms with Crippen molar-refractivity contribution < 1.29 is 13.6 Å². The molecule has 0 aliphatic carbocycles. The van der Waals surface area contributed by atoms with Gasteiger partial charge in [0.2, 0.25) is 5.91 Å². The largest absolute Gasteiger partial charge is 0.369 e. The number of rotatable bonds is 2. The lowest BCUT2D eigenvalue weighted by Crippen LogP contribution is -2.49. The Labute approximate surface area is 75.9 Å². The molecule has 13 heavy (non-hydrogen) atoms. The zero-order valence-corrected chi connectivity index (χ0v) is 7.59. The first kappa shape index (κ1) is 10.4. The summed E-state index contributed by atoms with van der Waals surface area (Å²) in [4.78, 5) is 11.9. The van der Waals surface area contributed by atoms with Gasteiger partial charge in [0.05, 0.1) is 13.1 Å². The summed E-state index contributed by atoms with van der Waals surface area (Å²) in [6, 6.07) is 0. The minimum atomic E-state index is -2.69. The Morgan fingerprint density at radius 1 is 1.69 bits per heavy atom. The predicted octanol–water partition coefficient (Wildman–Crippen LogP) is 0.449. The van der Waals surface area contributed by atoms with Gasteiger partial charge in [-0.1, -0.05) is 6.92 Å². The molecule has 2 N–H and O–H groups in total. The van der Waals surface area contributed by atoms with Gasteiger partial charge in [0.15, 0.2) is 0 Å². The first-order valence-electron chi connectivity index (χ1n) is 4.30. The number of hydrogen-bond donors (Lipinski definition) is 1. The molecule has 0 aromatic heterocycles. The summed E-state index contributed by atoms with van der Waals surface area (Å²) in [6.07, 6.45) is 0.417. The van der Waals surface area contributed by atoms with E-state index < -0.39 is 17.7 Å². The molecule has 0 aromatic carbocycles. The van der Waals surface area contributed by atoms with Gasteiger partial charge in [-0.3, -0.25) is 9.69 Å². The van der Waals surface area contributed by atoms with Crippen LogP contribution in [-0.4, -0.2) is 36.4 Å². The van der Waals surface area contributed by atoms with Crippen molar-refractivity contribution in [2.75, 3.05) is 19.6 Å². The van der Waals surface area contributed by atoms with Crippen LogP contribution in [-0.2, 0) is 4.79 Å². The Bertz CT molecular complexity index is 208. The van der Waals surface area contributed by atoms with Crippen molar-refractivity contribution in [2.45, 2.75) is 19.3 Å². The first-order chi connectivity index (χ1) is 5.92. The molecule has 1 aliphatic rings. The number of halogens is 2. The summed E-state index contributed by atoms with van der Waals surface area (Å²) in [5.74, 6) is -3.84. The van der Waals surface area contributed by atoms with Crippen molar-refractivity contribution in [3.8, 4) is 0 Å². The number of alkyl halides is 2. The molecule has 1 saturated heterocycles. The Hall–Kier alpha value is -0.710. The fourth-order valence-corrected chi connectivity index (χ4v) is 1.48. The van der Waals surface area contributed by atoms with E-state index in [9.17, 15) is 13.6 Å². The third kappa shape index (κ3) is 2.62. The van der Waals surface area contributed by atoms with Gasteiger partial charge >= 0.3 is 0 Å². The molecule has 1 heterocycles. The molecule has 1 unspecified atom stereocenters. The average Bonchev–Trinajstić information content (AvgIpc) is 1.95. The van der Waals surface area contributed by atoms with Crippen LogP contribution in [0.2, 0.25) is 0 Å². The summed E-state index contributed by atoms with van der Waals surface area (Å²) in [6.45, 7) is 1.64. The van der Waals surface area contributed by atoms with E-state index in [0.717, 1.165) is 0 Å². The normalized spacial score (nSPS) is 28.7. The quantitative estimate of drug-likeness (QED) is 0.690. The van der Waals surface area contributed by atoms with E-state index in [2.05, 4.69) is 0 Å². The number of likely N-dealkylation sites (tertiary alicyclic amines) is 1. The van der Waals surface area contributed by atoms with Gasteiger partial charge in [0.1, 0.15) is 0 Å². The predicted molar refractivity (Wildman–Crippen MR) is 44.4 cm³/mol. The number of hydrogen-bond acceptors (Lipinski definition) is 2. The van der Waals surface area contributed by atoms with E-state index >= 15 is 0 Å². The van der Waals surface area contributed by atoms with E-state index in [0.29, 0.717) is 13.0 Å². The topological polar surface area (TPSA) is 46.3 Å². The Balaban J connectivity index is 2.50. The maximum atomic E-state index is 13.1. The van der Waals surface area contributed by atoms with Crippen LogP contribution in [0.5, 0.6) is 0 Å². The molecule has 0 radical (unpaired) electrons. The molecule has 76 valence electrons. The van der Waals surface area contributed by atoms with Crippen LogP contribution < -0.4 is 5.73 Å². The Morgan fingerprint density at radius 2 is 2.31 bits per heavy atom. The highest BCUT2D eigenvalue weighted by Crippen LogP contribution is 2.31. The van der Waals surface area contributed by atoms with E-state index in [1.54, 1.807) is 0 Å². The van der Waals surface area contributed by atoms with Crippen LogP contribution in [0.4, 0.5) is 8.78 Å². The standard InChI is InChI=1S/C8H14F2N2O/c1-6-2-3-12(4-7(11)13)5-8(6,9)10/h6H,2-5H2,1H3,(H2,11,13). The summed E-state index contributed by atoms with van der Waals surface area (Å²) in [7, 11) is 0. The number of amides is 1. The van der Waals surface area contributed by atoms with Crippen LogP contribution in [0.3, 0.4) is 0 Å². The number of carbonyl (C=O) groups excluding carboxylic acids is 1. The summed E-state index contributed by atoms with van der Waals surface area (Å²) in [5.41, 5.74) is 4.92. The van der Waals surface area contributed by atoms with Crippen molar-refractivity contribution in [3.63, 3.8) is 0 Å². The van der Waals surface area contributed by atoms with Gasteiger partial charge in [-0.15, -0.1) is 0 Å². The number of nitrogens with zero attached hydrogens (tertiary/aromatic N) is 1. The number of carbonyl (C=O) groups is 1. The minimum absolute atomic E-state index is 0.0672. The van der Waals surface area contributed by atoms with Crippen LogP contribution in [0.15, 0.2) is 0 Å². The zero-order chi connectivity index (χ0) is 10.1. The monoisotopic (exact) mass is 192 g/mol. The molecule has 1 amide bonds. The lowest BCUT2D eigenvalue weighted by atomic mass is 9.95. The molecule has 0 bridgehead atoms. The molecule has 5 heteroatoms. The molecular weight excluding hydrogens is 178 g/mol. The SMILES string of the molecule is CC1CCN(CC(N)=O)CC1(F)F. The minimum Gasteiger partial charge on any atom is -0.369 e. The third-order valence-corrected chi connectivity index (χ3v) is 2.41. The summed E-state index contributed by atoms with van der Waals surface area (Å²) < 4.78 is 26.2. The van der Waals surface area contributed by atoms with Gasteiger partial charge in [-0.25, -0.2) is 8.78 Å². The van der Waals surface area contributed by atoms with Crippen LogP contribution in [0.25, 0.3) is 0 Å². The van der Waals surface area contributed by atoms with Crippen molar-refractivity contribution in [3.05, 3.63) is 0 Å². The first-order valence-corrected chi connectivity index (χ1v) is 4.30. The maximum absolute atomic E-state index is 13.1. The van der Waals surface area contributed by atoms with Gasteiger partial charge in [-0.05, 0) is 13.0 Å². The molecule has 1 atom stereocenters. The fourth-order valence-electron chi connectivity index (χ4n) is 1.48. The molecule has 1 aliphatic heterocycles. The molecule has 1 fully saturated rings. The molecule has 1 rings (SSSR count). The van der Waals surface area contributed by atoms with Crippen molar-refractivity contribution in [1.29, 1.82) is 0 Å². The van der Waals surface area contributed by atoms with E-state index in [4.69, 9.17) is 5.73 Å². The van der Waals surface area contributed by atoms with E-state index in [-0.39, 0.29) is 13.1 Å². The van der Waals surface area contributed by atoms with Gasteiger partial charge in [-0.2, -0.15) is 0 Å². The van der Waals surface area contributed by atoms with E-state index in [1.807, 2.05) is 0 Å². The molecular formula is C8H14F2N2O. The van der Waals surface area contributed by atoms with E-state index in [1.165, 1.54) is 11.8 Å². The average molecular weight is 192 g/mol. The highest BCUT2D eigenvalue weighted by Gasteiger charge is 2.41. The van der Waals surface area contributed by atoms with Crippen LogP contribution >= 0.6 is 0 Å². The van der Waals surface area contributed by atoms with Crippen molar-refractivity contribution in [2.24, 2.45) is 11.7 Å². The second-order valence-electron chi connectivity index (χ2n) is 3.63. The lowest BCUT2D eigenvalue weighted by Gasteiger charge is -2.35. The maximum Gasteiger partial charge on any atom is 0.263 e.